The van der Waals surface area contributed by atoms with Crippen LogP contribution in [0, 0.1) is 5.92 Å². The maximum Gasteiger partial charge on any atom is 0.228 e. The van der Waals surface area contributed by atoms with E-state index >= 15 is 0 Å². The first-order valence-corrected chi connectivity index (χ1v) is 8.42. The minimum atomic E-state index is -0.232. The van der Waals surface area contributed by atoms with E-state index in [-0.39, 0.29) is 30.1 Å². The van der Waals surface area contributed by atoms with Gasteiger partial charge in [0.2, 0.25) is 11.8 Å². The zero-order valence-electron chi connectivity index (χ0n) is 13.0. The lowest BCUT2D eigenvalue weighted by atomic mass is 10.1. The lowest BCUT2D eigenvalue weighted by Crippen LogP contribution is -2.53. The smallest absolute Gasteiger partial charge is 0.228 e. The zero-order valence-corrected chi connectivity index (χ0v) is 15.4. The molecule has 2 aliphatic rings. The van der Waals surface area contributed by atoms with E-state index in [4.69, 9.17) is 0 Å². The fourth-order valence-electron chi connectivity index (χ4n) is 3.17. The predicted octanol–water partition coefficient (Wildman–Crippen LogP) is 2.04. The molecule has 2 fully saturated rings. The molecule has 5 nitrogen and oxygen atoms in total. The first-order chi connectivity index (χ1) is 10.6. The van der Waals surface area contributed by atoms with Crippen molar-refractivity contribution in [3.63, 3.8) is 0 Å². The van der Waals surface area contributed by atoms with Crippen LogP contribution in [0.1, 0.15) is 13.3 Å². The second-order valence-corrected chi connectivity index (χ2v) is 6.85. The number of rotatable bonds is 2. The molecular weight excluding hydrogens is 382 g/mol. The van der Waals surface area contributed by atoms with Gasteiger partial charge in [-0.1, -0.05) is 12.1 Å². The molecule has 0 bridgehead atoms. The maximum atomic E-state index is 12.7. The third kappa shape index (κ3) is 3.87. The Kier molecular flexibility index (Phi) is 6.06. The summed E-state index contributed by atoms with van der Waals surface area (Å²) in [6.45, 7) is 4.81. The summed E-state index contributed by atoms with van der Waals surface area (Å²) in [4.78, 5) is 28.6. The van der Waals surface area contributed by atoms with Crippen LogP contribution >= 0.6 is 28.3 Å². The molecular formula is C16H21BrClN3O2. The van der Waals surface area contributed by atoms with Gasteiger partial charge in [-0.3, -0.25) is 9.59 Å². The van der Waals surface area contributed by atoms with Gasteiger partial charge in [0.1, 0.15) is 0 Å². The molecule has 0 aliphatic carbocycles. The summed E-state index contributed by atoms with van der Waals surface area (Å²) in [6, 6.07) is 7.95. The van der Waals surface area contributed by atoms with Gasteiger partial charge in [0.25, 0.3) is 0 Å². The second kappa shape index (κ2) is 7.64. The van der Waals surface area contributed by atoms with E-state index < -0.39 is 0 Å². The van der Waals surface area contributed by atoms with E-state index in [0.29, 0.717) is 19.0 Å². The number of hydrogen-bond donors (Lipinski definition) is 1. The highest BCUT2D eigenvalue weighted by molar-refractivity contribution is 9.10. The number of nitrogens with zero attached hydrogens (tertiary/aromatic N) is 2. The summed E-state index contributed by atoms with van der Waals surface area (Å²) in [5.41, 5.74) is 0.844. The summed E-state index contributed by atoms with van der Waals surface area (Å²) in [5.74, 6) is -0.102. The Morgan fingerprint density at radius 1 is 1.30 bits per heavy atom. The van der Waals surface area contributed by atoms with Crippen molar-refractivity contribution < 1.29 is 9.59 Å². The van der Waals surface area contributed by atoms with Crippen LogP contribution in [0.15, 0.2) is 28.7 Å². The van der Waals surface area contributed by atoms with E-state index in [0.717, 1.165) is 29.8 Å². The Morgan fingerprint density at radius 3 is 2.74 bits per heavy atom. The number of carbonyl (C=O) groups is 2. The summed E-state index contributed by atoms with van der Waals surface area (Å²) in [6.07, 6.45) is 0.304. The summed E-state index contributed by atoms with van der Waals surface area (Å²) >= 11 is 3.48. The molecule has 2 unspecified atom stereocenters. The molecule has 3 rings (SSSR count). The summed E-state index contributed by atoms with van der Waals surface area (Å²) in [5, 5.41) is 3.33. The van der Waals surface area contributed by atoms with Crippen LogP contribution in [0.4, 0.5) is 5.69 Å². The molecule has 2 saturated heterocycles. The Bertz CT molecular complexity index is 598. The molecule has 126 valence electrons. The van der Waals surface area contributed by atoms with Crippen LogP contribution in [0.5, 0.6) is 0 Å². The lowest BCUT2D eigenvalue weighted by Gasteiger charge is -2.33. The predicted molar refractivity (Wildman–Crippen MR) is 95.9 cm³/mol. The van der Waals surface area contributed by atoms with Crippen molar-refractivity contribution >= 4 is 45.8 Å². The van der Waals surface area contributed by atoms with Crippen molar-refractivity contribution in [2.45, 2.75) is 19.4 Å². The van der Waals surface area contributed by atoms with Crippen LogP contribution in [0.25, 0.3) is 0 Å². The minimum Gasteiger partial charge on any atom is -0.340 e. The number of carbonyl (C=O) groups excluding carboxylic acids is 2. The van der Waals surface area contributed by atoms with Crippen LogP contribution in [-0.4, -0.2) is 48.9 Å². The quantitative estimate of drug-likeness (QED) is 0.824. The molecule has 2 aliphatic heterocycles. The minimum absolute atomic E-state index is 0. The van der Waals surface area contributed by atoms with E-state index in [1.54, 1.807) is 4.90 Å². The van der Waals surface area contributed by atoms with Gasteiger partial charge >= 0.3 is 0 Å². The highest BCUT2D eigenvalue weighted by Crippen LogP contribution is 2.31. The standard InChI is InChI=1S/C16H20BrN3O2.ClH/c1-11-9-19(7-6-18-11)16(22)12-8-15(21)20(10-12)14-5-3-2-4-13(14)17;/h2-5,11-12,18H,6-10H2,1H3;1H. The van der Waals surface area contributed by atoms with Crippen LogP contribution < -0.4 is 10.2 Å². The Hall–Kier alpha value is -1.11. The lowest BCUT2D eigenvalue weighted by molar-refractivity contribution is -0.136. The van der Waals surface area contributed by atoms with Crippen LogP contribution in [-0.2, 0) is 9.59 Å². The largest absolute Gasteiger partial charge is 0.340 e. The Labute approximate surface area is 150 Å². The Morgan fingerprint density at radius 2 is 2.04 bits per heavy atom. The molecule has 0 spiro atoms. The monoisotopic (exact) mass is 401 g/mol. The summed E-state index contributed by atoms with van der Waals surface area (Å²) in [7, 11) is 0. The molecule has 23 heavy (non-hydrogen) atoms. The zero-order chi connectivity index (χ0) is 15.7. The van der Waals surface area contributed by atoms with Gasteiger partial charge in [-0.2, -0.15) is 0 Å². The Balaban J connectivity index is 0.00000192. The number of para-hydroxylation sites is 1. The number of piperazine rings is 1. The molecule has 0 saturated carbocycles. The molecule has 1 N–H and O–H groups in total. The van der Waals surface area contributed by atoms with Crippen molar-refractivity contribution in [3.05, 3.63) is 28.7 Å². The van der Waals surface area contributed by atoms with E-state index in [1.165, 1.54) is 0 Å². The first-order valence-electron chi connectivity index (χ1n) is 7.63. The number of anilines is 1. The molecule has 2 atom stereocenters. The van der Waals surface area contributed by atoms with Gasteiger partial charge in [0.15, 0.2) is 0 Å². The van der Waals surface area contributed by atoms with Gasteiger partial charge in [0.05, 0.1) is 11.6 Å². The van der Waals surface area contributed by atoms with E-state index in [2.05, 4.69) is 28.2 Å². The second-order valence-electron chi connectivity index (χ2n) is 6.00. The maximum absolute atomic E-state index is 12.7. The first kappa shape index (κ1) is 18.2. The highest BCUT2D eigenvalue weighted by Gasteiger charge is 2.38. The topological polar surface area (TPSA) is 52.7 Å². The van der Waals surface area contributed by atoms with Crippen molar-refractivity contribution in [2.24, 2.45) is 5.92 Å². The molecule has 7 heteroatoms. The van der Waals surface area contributed by atoms with Crippen molar-refractivity contribution in [1.29, 1.82) is 0 Å². The third-order valence-corrected chi connectivity index (χ3v) is 4.97. The summed E-state index contributed by atoms with van der Waals surface area (Å²) < 4.78 is 0.882. The van der Waals surface area contributed by atoms with Crippen molar-refractivity contribution in [3.8, 4) is 0 Å². The van der Waals surface area contributed by atoms with Gasteiger partial charge in [-0.05, 0) is 35.0 Å². The fourth-order valence-corrected chi connectivity index (χ4v) is 3.67. The number of amides is 2. The highest BCUT2D eigenvalue weighted by atomic mass is 79.9. The van der Waals surface area contributed by atoms with Crippen molar-refractivity contribution in [1.82, 2.24) is 10.2 Å². The van der Waals surface area contributed by atoms with Gasteiger partial charge < -0.3 is 15.1 Å². The van der Waals surface area contributed by atoms with E-state index in [9.17, 15) is 9.59 Å². The molecule has 1 aromatic carbocycles. The van der Waals surface area contributed by atoms with E-state index in [1.807, 2.05) is 29.2 Å². The molecule has 0 radical (unpaired) electrons. The molecule has 1 aromatic rings. The number of benzene rings is 1. The normalized spacial score (nSPS) is 24.5. The SMILES string of the molecule is CC1CN(C(=O)C2CC(=O)N(c3ccccc3Br)C2)CCN1.Cl. The number of hydrogen-bond acceptors (Lipinski definition) is 3. The molecule has 0 aromatic heterocycles. The number of halogens is 2. The van der Waals surface area contributed by atoms with Gasteiger partial charge in [-0.25, -0.2) is 0 Å². The number of nitrogens with one attached hydrogen (secondary N) is 1. The van der Waals surface area contributed by atoms with Gasteiger partial charge in [0, 0.05) is 43.1 Å². The van der Waals surface area contributed by atoms with Crippen LogP contribution in [0.3, 0.4) is 0 Å². The van der Waals surface area contributed by atoms with Gasteiger partial charge in [-0.15, -0.1) is 12.4 Å². The average molecular weight is 403 g/mol. The fraction of sp³-hybridized carbons (Fsp3) is 0.500. The average Bonchev–Trinajstić information content (AvgIpc) is 2.89. The third-order valence-electron chi connectivity index (χ3n) is 4.30. The van der Waals surface area contributed by atoms with Crippen molar-refractivity contribution in [2.75, 3.05) is 31.1 Å². The molecule has 2 heterocycles. The molecule has 2 amide bonds. The van der Waals surface area contributed by atoms with Crippen LogP contribution in [0.2, 0.25) is 0 Å².